The number of benzene rings is 1. The fourth-order valence-corrected chi connectivity index (χ4v) is 3.79. The molecule has 7 heteroatoms. The van der Waals surface area contributed by atoms with Crippen LogP contribution in [0.4, 0.5) is 0 Å². The van der Waals surface area contributed by atoms with Crippen molar-refractivity contribution in [2.45, 2.75) is 32.6 Å². The van der Waals surface area contributed by atoms with E-state index in [1.165, 1.54) is 0 Å². The molecule has 0 atom stereocenters. The molecule has 0 unspecified atom stereocenters. The maximum atomic E-state index is 12.5. The van der Waals surface area contributed by atoms with E-state index in [0.29, 0.717) is 49.3 Å². The third-order valence-electron chi connectivity index (χ3n) is 5.48. The Morgan fingerprint density at radius 2 is 1.86 bits per heavy atom. The molecule has 1 saturated carbocycles. The molecule has 0 spiro atoms. The van der Waals surface area contributed by atoms with Gasteiger partial charge in [0.2, 0.25) is 11.8 Å². The largest absolute Gasteiger partial charge is 0.493 e. The summed E-state index contributed by atoms with van der Waals surface area (Å²) in [6.45, 7) is 4.92. The Labute approximate surface area is 177 Å². The highest BCUT2D eigenvalue weighted by Crippen LogP contribution is 2.37. The third-order valence-corrected chi connectivity index (χ3v) is 5.76. The Morgan fingerprint density at radius 1 is 1.17 bits per heavy atom. The van der Waals surface area contributed by atoms with Gasteiger partial charge in [-0.15, -0.1) is 0 Å². The normalized spacial score (nSPS) is 17.3. The van der Waals surface area contributed by atoms with Crippen molar-refractivity contribution >= 4 is 29.5 Å². The van der Waals surface area contributed by atoms with Crippen LogP contribution in [0.25, 0.3) is 6.08 Å². The molecule has 1 heterocycles. The number of carbonyl (C=O) groups is 2. The fraction of sp³-hybridized carbons (Fsp3) is 0.545. The van der Waals surface area contributed by atoms with E-state index in [1.807, 2.05) is 11.8 Å². The summed E-state index contributed by atoms with van der Waals surface area (Å²) in [6, 6.07) is 3.56. The van der Waals surface area contributed by atoms with E-state index < -0.39 is 0 Å². The molecule has 6 nitrogen and oxygen atoms in total. The van der Waals surface area contributed by atoms with Crippen LogP contribution < -0.4 is 9.47 Å². The predicted octanol–water partition coefficient (Wildman–Crippen LogP) is 3.62. The molecule has 1 aromatic rings. The molecule has 0 radical (unpaired) electrons. The Balaban J connectivity index is 1.57. The van der Waals surface area contributed by atoms with Crippen molar-refractivity contribution in [3.05, 3.63) is 28.8 Å². The van der Waals surface area contributed by atoms with Gasteiger partial charge in [0.1, 0.15) is 0 Å². The van der Waals surface area contributed by atoms with Gasteiger partial charge >= 0.3 is 0 Å². The van der Waals surface area contributed by atoms with Gasteiger partial charge in [0.25, 0.3) is 0 Å². The van der Waals surface area contributed by atoms with Crippen LogP contribution in [0.3, 0.4) is 0 Å². The Hall–Kier alpha value is -2.21. The number of amides is 2. The maximum Gasteiger partial charge on any atom is 0.246 e. The monoisotopic (exact) mass is 420 g/mol. The summed E-state index contributed by atoms with van der Waals surface area (Å²) in [4.78, 5) is 28.5. The molecule has 1 aliphatic heterocycles. The molecule has 2 amide bonds. The topological polar surface area (TPSA) is 59.1 Å². The van der Waals surface area contributed by atoms with Crippen LogP contribution in [0.15, 0.2) is 18.2 Å². The lowest BCUT2D eigenvalue weighted by atomic mass is 9.84. The lowest BCUT2D eigenvalue weighted by Crippen LogP contribution is -2.52. The molecule has 2 aliphatic rings. The highest BCUT2D eigenvalue weighted by Gasteiger charge is 2.31. The van der Waals surface area contributed by atoms with Gasteiger partial charge in [0, 0.05) is 38.2 Å². The van der Waals surface area contributed by atoms with E-state index in [9.17, 15) is 9.59 Å². The maximum absolute atomic E-state index is 12.5. The summed E-state index contributed by atoms with van der Waals surface area (Å²) in [7, 11) is 1.56. The van der Waals surface area contributed by atoms with Crippen LogP contribution in [0.2, 0.25) is 5.02 Å². The molecule has 0 bridgehead atoms. The second-order valence-electron chi connectivity index (χ2n) is 7.49. The summed E-state index contributed by atoms with van der Waals surface area (Å²) < 4.78 is 11.0. The van der Waals surface area contributed by atoms with Gasteiger partial charge in [-0.05, 0) is 43.0 Å². The summed E-state index contributed by atoms with van der Waals surface area (Å²) in [5, 5.41) is 0.452. The molecule has 0 N–H and O–H groups in total. The minimum absolute atomic E-state index is 0.0675. The first-order valence-corrected chi connectivity index (χ1v) is 10.7. The zero-order chi connectivity index (χ0) is 20.8. The van der Waals surface area contributed by atoms with Crippen LogP contribution in [0.5, 0.6) is 11.5 Å². The first kappa shape index (κ1) is 21.5. The molecule has 0 aromatic heterocycles. The molecule has 158 valence electrons. The third kappa shape index (κ3) is 5.24. The fourth-order valence-electron chi connectivity index (χ4n) is 3.51. The molecular formula is C22H29ClN2O4. The second-order valence-corrected chi connectivity index (χ2v) is 7.90. The minimum Gasteiger partial charge on any atom is -0.493 e. The predicted molar refractivity (Wildman–Crippen MR) is 113 cm³/mol. The Morgan fingerprint density at radius 3 is 2.45 bits per heavy atom. The van der Waals surface area contributed by atoms with Gasteiger partial charge in [-0.2, -0.15) is 0 Å². The van der Waals surface area contributed by atoms with Crippen molar-refractivity contribution < 1.29 is 19.1 Å². The van der Waals surface area contributed by atoms with E-state index >= 15 is 0 Å². The van der Waals surface area contributed by atoms with E-state index in [0.717, 1.165) is 31.2 Å². The number of hydrogen-bond acceptors (Lipinski definition) is 4. The average molecular weight is 421 g/mol. The van der Waals surface area contributed by atoms with Crippen LogP contribution in [0, 0.1) is 5.92 Å². The van der Waals surface area contributed by atoms with Gasteiger partial charge in [0.05, 0.1) is 18.7 Å². The minimum atomic E-state index is -0.0675. The number of piperazine rings is 1. The Bertz CT molecular complexity index is 768. The summed E-state index contributed by atoms with van der Waals surface area (Å²) >= 11 is 6.33. The average Bonchev–Trinajstić information content (AvgIpc) is 2.69. The quantitative estimate of drug-likeness (QED) is 0.632. The van der Waals surface area contributed by atoms with Crippen LogP contribution in [-0.2, 0) is 9.59 Å². The van der Waals surface area contributed by atoms with Crippen molar-refractivity contribution in [2.24, 2.45) is 5.92 Å². The molecule has 2 fully saturated rings. The molecular weight excluding hydrogens is 392 g/mol. The van der Waals surface area contributed by atoms with Crippen molar-refractivity contribution in [3.63, 3.8) is 0 Å². The highest BCUT2D eigenvalue weighted by atomic mass is 35.5. The molecule has 1 saturated heterocycles. The lowest BCUT2D eigenvalue weighted by molar-refractivity contribution is -0.142. The number of hydrogen-bond donors (Lipinski definition) is 0. The standard InChI is InChI=1S/C22H29ClN2O4/c1-3-13-29-21-18(23)14-16(15-19(21)28-2)7-8-20(26)24-9-11-25(12-10-24)22(27)17-5-4-6-17/h7-8,14-15,17H,3-6,9-13H2,1-2H3/b8-7+. The summed E-state index contributed by atoms with van der Waals surface area (Å²) in [6.07, 6.45) is 7.31. The van der Waals surface area contributed by atoms with Crippen molar-refractivity contribution in [1.82, 2.24) is 9.80 Å². The van der Waals surface area contributed by atoms with Crippen LogP contribution in [-0.4, -0.2) is 61.5 Å². The van der Waals surface area contributed by atoms with Gasteiger partial charge in [0.15, 0.2) is 11.5 Å². The SMILES string of the molecule is CCCOc1c(Cl)cc(/C=C/C(=O)N2CCN(C(=O)C3CCC3)CC2)cc1OC. The van der Waals surface area contributed by atoms with Crippen LogP contribution in [0.1, 0.15) is 38.2 Å². The highest BCUT2D eigenvalue weighted by molar-refractivity contribution is 6.32. The second kappa shape index (κ2) is 10.0. The number of methoxy groups -OCH3 is 1. The number of rotatable bonds is 7. The van der Waals surface area contributed by atoms with E-state index in [2.05, 4.69) is 0 Å². The van der Waals surface area contributed by atoms with E-state index in [1.54, 1.807) is 36.3 Å². The van der Waals surface area contributed by atoms with Crippen LogP contribution >= 0.6 is 11.6 Å². The molecule has 1 aromatic carbocycles. The van der Waals surface area contributed by atoms with Crippen molar-refractivity contribution in [3.8, 4) is 11.5 Å². The summed E-state index contributed by atoms with van der Waals surface area (Å²) in [5.41, 5.74) is 0.767. The number of halogens is 1. The van der Waals surface area contributed by atoms with E-state index in [-0.39, 0.29) is 17.7 Å². The molecule has 3 rings (SSSR count). The summed E-state index contributed by atoms with van der Waals surface area (Å²) in [5.74, 6) is 1.46. The van der Waals surface area contributed by atoms with Gasteiger partial charge in [-0.1, -0.05) is 24.9 Å². The zero-order valence-electron chi connectivity index (χ0n) is 17.2. The zero-order valence-corrected chi connectivity index (χ0v) is 17.9. The molecule has 1 aliphatic carbocycles. The van der Waals surface area contributed by atoms with Gasteiger partial charge < -0.3 is 19.3 Å². The van der Waals surface area contributed by atoms with Gasteiger partial charge in [-0.25, -0.2) is 0 Å². The lowest BCUT2D eigenvalue weighted by Gasteiger charge is -2.37. The van der Waals surface area contributed by atoms with Crippen molar-refractivity contribution in [2.75, 3.05) is 39.9 Å². The first-order valence-electron chi connectivity index (χ1n) is 10.3. The number of carbonyl (C=O) groups excluding carboxylic acids is 2. The van der Waals surface area contributed by atoms with Gasteiger partial charge in [-0.3, -0.25) is 9.59 Å². The smallest absolute Gasteiger partial charge is 0.246 e. The number of nitrogens with zero attached hydrogens (tertiary/aromatic N) is 2. The first-order chi connectivity index (χ1) is 14.0. The Kier molecular flexibility index (Phi) is 7.42. The number of ether oxygens (including phenoxy) is 2. The van der Waals surface area contributed by atoms with E-state index in [4.69, 9.17) is 21.1 Å². The molecule has 29 heavy (non-hydrogen) atoms. The van der Waals surface area contributed by atoms with Crippen molar-refractivity contribution in [1.29, 1.82) is 0 Å².